The van der Waals surface area contributed by atoms with Crippen LogP contribution in [-0.2, 0) is 6.42 Å². The maximum atomic E-state index is 2.30. The molecule has 104 valence electrons. The van der Waals surface area contributed by atoms with Crippen LogP contribution in [0.1, 0.15) is 81.6 Å². The highest BCUT2D eigenvalue weighted by Crippen LogP contribution is 2.18. The number of unbranched alkanes of at least 4 members (excludes halogenated alkanes) is 9. The summed E-state index contributed by atoms with van der Waals surface area (Å²) in [5.74, 6) is 0. The maximum Gasteiger partial charge on any atom is 0.00461 e. The van der Waals surface area contributed by atoms with E-state index in [0.29, 0.717) is 0 Å². The Hall–Kier alpha value is -0.300. The fraction of sp³-hybridized carbons (Fsp3) is 0.765. The highest BCUT2D eigenvalue weighted by molar-refractivity contribution is 7.10. The van der Waals surface area contributed by atoms with Crippen LogP contribution in [0.2, 0.25) is 0 Å². The normalized spacial score (nSPS) is 11.0. The van der Waals surface area contributed by atoms with Crippen molar-refractivity contribution in [3.8, 4) is 0 Å². The van der Waals surface area contributed by atoms with Gasteiger partial charge < -0.3 is 0 Å². The van der Waals surface area contributed by atoms with E-state index in [9.17, 15) is 0 Å². The molecule has 1 rings (SSSR count). The van der Waals surface area contributed by atoms with Gasteiger partial charge in [0, 0.05) is 4.88 Å². The molecule has 0 radical (unpaired) electrons. The van der Waals surface area contributed by atoms with Crippen LogP contribution in [0.3, 0.4) is 0 Å². The van der Waals surface area contributed by atoms with Gasteiger partial charge in [0.2, 0.25) is 0 Å². The Balaban J connectivity index is 1.83. The third kappa shape index (κ3) is 7.20. The summed E-state index contributed by atoms with van der Waals surface area (Å²) >= 11 is 1.89. The molecule has 0 amide bonds. The topological polar surface area (TPSA) is 0 Å². The van der Waals surface area contributed by atoms with Gasteiger partial charge in [0.1, 0.15) is 0 Å². The zero-order valence-corrected chi connectivity index (χ0v) is 13.2. The first-order chi connectivity index (χ1) is 8.84. The van der Waals surface area contributed by atoms with Crippen molar-refractivity contribution in [2.45, 2.75) is 84.5 Å². The summed E-state index contributed by atoms with van der Waals surface area (Å²) in [5.41, 5.74) is 1.58. The summed E-state index contributed by atoms with van der Waals surface area (Å²) in [6.45, 7) is 4.53. The molecule has 1 heteroatoms. The van der Waals surface area contributed by atoms with Gasteiger partial charge in [0.25, 0.3) is 0 Å². The van der Waals surface area contributed by atoms with Crippen molar-refractivity contribution in [2.75, 3.05) is 0 Å². The Morgan fingerprint density at radius 2 is 1.39 bits per heavy atom. The van der Waals surface area contributed by atoms with Gasteiger partial charge in [-0.05, 0) is 36.8 Å². The summed E-state index contributed by atoms with van der Waals surface area (Å²) in [7, 11) is 0. The molecule has 18 heavy (non-hydrogen) atoms. The van der Waals surface area contributed by atoms with Crippen LogP contribution in [0, 0.1) is 6.92 Å². The molecular weight excluding hydrogens is 236 g/mol. The summed E-state index contributed by atoms with van der Waals surface area (Å²) in [6, 6.07) is 2.30. The molecule has 0 saturated carbocycles. The van der Waals surface area contributed by atoms with E-state index in [2.05, 4.69) is 25.3 Å². The van der Waals surface area contributed by atoms with Gasteiger partial charge in [-0.25, -0.2) is 0 Å². The molecule has 0 bridgehead atoms. The lowest BCUT2D eigenvalue weighted by Gasteiger charge is -2.02. The standard InChI is InChI=1S/C17H30S/c1-3-4-5-6-7-8-9-10-11-12-13-17-14-15-18-16(17)2/h14-15H,3-13H2,1-2H3. The van der Waals surface area contributed by atoms with E-state index in [0.717, 1.165) is 0 Å². The SMILES string of the molecule is CCCCCCCCCCCCc1ccsc1C. The van der Waals surface area contributed by atoms with Gasteiger partial charge in [-0.1, -0.05) is 64.7 Å². The fourth-order valence-corrected chi connectivity index (χ4v) is 3.23. The molecule has 0 aliphatic rings. The second-order valence-electron chi connectivity index (χ2n) is 5.43. The predicted octanol–water partition coefficient (Wildman–Crippen LogP) is 6.52. The van der Waals surface area contributed by atoms with Gasteiger partial charge in [-0.2, -0.15) is 0 Å². The van der Waals surface area contributed by atoms with E-state index in [1.807, 2.05) is 11.3 Å². The highest BCUT2D eigenvalue weighted by Gasteiger charge is 1.99. The Bertz CT molecular complexity index is 288. The Morgan fingerprint density at radius 1 is 0.833 bits per heavy atom. The maximum absolute atomic E-state index is 2.30. The molecule has 0 spiro atoms. The van der Waals surface area contributed by atoms with Crippen LogP contribution in [0.25, 0.3) is 0 Å². The molecule has 0 aliphatic carbocycles. The molecule has 0 fully saturated rings. The van der Waals surface area contributed by atoms with Gasteiger partial charge in [0.05, 0.1) is 0 Å². The largest absolute Gasteiger partial charge is 0.149 e. The van der Waals surface area contributed by atoms with E-state index in [-0.39, 0.29) is 0 Å². The minimum absolute atomic E-state index is 1.30. The second-order valence-corrected chi connectivity index (χ2v) is 6.55. The monoisotopic (exact) mass is 266 g/mol. The number of hydrogen-bond donors (Lipinski definition) is 0. The number of hydrogen-bond acceptors (Lipinski definition) is 1. The van der Waals surface area contributed by atoms with Gasteiger partial charge in [0.15, 0.2) is 0 Å². The van der Waals surface area contributed by atoms with Crippen LogP contribution >= 0.6 is 11.3 Å². The molecular formula is C17H30S. The number of aryl methyl sites for hydroxylation is 2. The van der Waals surface area contributed by atoms with E-state index < -0.39 is 0 Å². The third-order valence-electron chi connectivity index (χ3n) is 3.77. The fourth-order valence-electron chi connectivity index (χ4n) is 2.47. The number of thiophene rings is 1. The smallest absolute Gasteiger partial charge is 0.00461 e. The molecule has 1 aromatic rings. The first kappa shape index (κ1) is 15.8. The molecule has 1 aromatic heterocycles. The molecule has 0 atom stereocenters. The van der Waals surface area contributed by atoms with E-state index >= 15 is 0 Å². The minimum Gasteiger partial charge on any atom is -0.149 e. The van der Waals surface area contributed by atoms with Gasteiger partial charge >= 0.3 is 0 Å². The van der Waals surface area contributed by atoms with Crippen molar-refractivity contribution in [1.82, 2.24) is 0 Å². The molecule has 0 saturated heterocycles. The quantitative estimate of drug-likeness (QED) is 0.400. The zero-order chi connectivity index (χ0) is 13.1. The third-order valence-corrected chi connectivity index (χ3v) is 4.65. The second kappa shape index (κ2) is 10.6. The Labute approximate surface area is 118 Å². The van der Waals surface area contributed by atoms with E-state index in [4.69, 9.17) is 0 Å². The summed E-state index contributed by atoms with van der Waals surface area (Å²) < 4.78 is 0. The summed E-state index contributed by atoms with van der Waals surface area (Å²) in [6.07, 6.45) is 15.6. The van der Waals surface area contributed by atoms with E-state index in [1.54, 1.807) is 5.56 Å². The number of rotatable bonds is 11. The van der Waals surface area contributed by atoms with Gasteiger partial charge in [-0.15, -0.1) is 11.3 Å². The zero-order valence-electron chi connectivity index (χ0n) is 12.3. The van der Waals surface area contributed by atoms with Gasteiger partial charge in [-0.3, -0.25) is 0 Å². The van der Waals surface area contributed by atoms with Crippen molar-refractivity contribution in [2.24, 2.45) is 0 Å². The summed E-state index contributed by atoms with van der Waals surface area (Å²) in [5, 5.41) is 2.22. The van der Waals surface area contributed by atoms with E-state index in [1.165, 1.54) is 75.5 Å². The molecule has 0 aromatic carbocycles. The highest BCUT2D eigenvalue weighted by atomic mass is 32.1. The van der Waals surface area contributed by atoms with Crippen molar-refractivity contribution in [3.63, 3.8) is 0 Å². The van der Waals surface area contributed by atoms with Crippen LogP contribution in [0.5, 0.6) is 0 Å². The first-order valence-corrected chi connectivity index (χ1v) is 8.75. The summed E-state index contributed by atoms with van der Waals surface area (Å²) in [4.78, 5) is 1.52. The lowest BCUT2D eigenvalue weighted by atomic mass is 10.0. The van der Waals surface area contributed by atoms with Crippen molar-refractivity contribution < 1.29 is 0 Å². The molecule has 1 heterocycles. The van der Waals surface area contributed by atoms with Crippen LogP contribution in [-0.4, -0.2) is 0 Å². The molecule has 0 N–H and O–H groups in total. The first-order valence-electron chi connectivity index (χ1n) is 7.87. The van der Waals surface area contributed by atoms with Crippen LogP contribution in [0.4, 0.5) is 0 Å². The molecule has 0 unspecified atom stereocenters. The minimum atomic E-state index is 1.30. The Kier molecular flexibility index (Phi) is 9.28. The average molecular weight is 266 g/mol. The van der Waals surface area contributed by atoms with Crippen molar-refractivity contribution in [1.29, 1.82) is 0 Å². The van der Waals surface area contributed by atoms with Crippen molar-refractivity contribution in [3.05, 3.63) is 21.9 Å². The lowest BCUT2D eigenvalue weighted by Crippen LogP contribution is -1.86. The molecule has 0 nitrogen and oxygen atoms in total. The Morgan fingerprint density at radius 3 is 1.89 bits per heavy atom. The van der Waals surface area contributed by atoms with Crippen LogP contribution in [0.15, 0.2) is 11.4 Å². The van der Waals surface area contributed by atoms with Crippen molar-refractivity contribution >= 4 is 11.3 Å². The van der Waals surface area contributed by atoms with Crippen LogP contribution < -0.4 is 0 Å². The lowest BCUT2D eigenvalue weighted by molar-refractivity contribution is 0.556. The average Bonchev–Trinajstić information content (AvgIpc) is 2.77. The molecule has 0 aliphatic heterocycles. The predicted molar refractivity (Wildman–Crippen MR) is 84.6 cm³/mol.